The molecule has 0 spiro atoms. The number of methoxy groups -OCH3 is 1. The van der Waals surface area contributed by atoms with Gasteiger partial charge in [0.25, 0.3) is 5.69 Å². The summed E-state index contributed by atoms with van der Waals surface area (Å²) in [6.07, 6.45) is 0. The second kappa shape index (κ2) is 6.32. The van der Waals surface area contributed by atoms with Gasteiger partial charge in [-0.2, -0.15) is 5.26 Å². The molecule has 0 amide bonds. The van der Waals surface area contributed by atoms with Gasteiger partial charge in [-0.15, -0.1) is 0 Å². The van der Waals surface area contributed by atoms with Gasteiger partial charge < -0.3 is 10.1 Å². The molecule has 0 aromatic heterocycles. The van der Waals surface area contributed by atoms with Crippen LogP contribution in [-0.2, 0) is 9.53 Å². The molecule has 23 heavy (non-hydrogen) atoms. The molecule has 1 heterocycles. The summed E-state index contributed by atoms with van der Waals surface area (Å²) in [5, 5.41) is 23.5. The largest absolute Gasteiger partial charge is 0.466 e. The molecule has 0 fully saturated rings. The lowest BCUT2D eigenvalue weighted by atomic mass is 9.81. The van der Waals surface area contributed by atoms with Gasteiger partial charge in [0.15, 0.2) is 0 Å². The quantitative estimate of drug-likeness (QED) is 0.522. The number of nitro groups is 1. The number of ether oxygens (including phenoxy) is 1. The van der Waals surface area contributed by atoms with E-state index in [2.05, 4.69) is 11.4 Å². The predicted octanol–water partition coefficient (Wildman–Crippen LogP) is 2.53. The fraction of sp³-hybridized carbons (Fsp3) is 0.250. The first kappa shape index (κ1) is 16.2. The smallest absolute Gasteiger partial charge is 0.336 e. The summed E-state index contributed by atoms with van der Waals surface area (Å²) < 4.78 is 4.81. The zero-order valence-corrected chi connectivity index (χ0v) is 12.9. The molecule has 1 aromatic carbocycles. The van der Waals surface area contributed by atoms with Crippen LogP contribution in [0.2, 0.25) is 0 Å². The highest BCUT2D eigenvalue weighted by molar-refractivity contribution is 5.93. The number of carbonyl (C=O) groups excluding carboxylic acids is 1. The molecular weight excluding hydrogens is 298 g/mol. The Balaban J connectivity index is 2.68. The molecule has 2 rings (SSSR count). The average Bonchev–Trinajstić information content (AvgIpc) is 2.53. The number of carbonyl (C=O) groups is 1. The summed E-state index contributed by atoms with van der Waals surface area (Å²) in [5.41, 5.74) is 2.17. The van der Waals surface area contributed by atoms with E-state index in [1.807, 2.05) is 0 Å². The summed E-state index contributed by atoms with van der Waals surface area (Å²) in [6.45, 7) is 3.43. The number of rotatable bonds is 3. The summed E-state index contributed by atoms with van der Waals surface area (Å²) >= 11 is 0. The Morgan fingerprint density at radius 2 is 2.09 bits per heavy atom. The van der Waals surface area contributed by atoms with Crippen molar-refractivity contribution < 1.29 is 14.5 Å². The number of allylic oxidation sites excluding steroid dienone is 3. The first-order valence-corrected chi connectivity index (χ1v) is 6.82. The van der Waals surface area contributed by atoms with Crippen LogP contribution in [-0.4, -0.2) is 18.0 Å². The maximum absolute atomic E-state index is 12.2. The lowest BCUT2D eigenvalue weighted by Gasteiger charge is -2.28. The van der Waals surface area contributed by atoms with E-state index >= 15 is 0 Å². The van der Waals surface area contributed by atoms with E-state index in [9.17, 15) is 20.2 Å². The van der Waals surface area contributed by atoms with E-state index in [1.165, 1.54) is 25.3 Å². The van der Waals surface area contributed by atoms with E-state index in [1.54, 1.807) is 19.9 Å². The monoisotopic (exact) mass is 313 g/mol. The molecule has 0 aliphatic carbocycles. The molecular formula is C16H15N3O4. The maximum atomic E-state index is 12.2. The van der Waals surface area contributed by atoms with E-state index in [0.29, 0.717) is 22.5 Å². The van der Waals surface area contributed by atoms with Gasteiger partial charge in [-0.25, -0.2) is 4.79 Å². The first-order valence-electron chi connectivity index (χ1n) is 6.82. The number of hydrogen-bond donors (Lipinski definition) is 1. The number of hydrogen-bond acceptors (Lipinski definition) is 6. The number of nitro benzene ring substituents is 1. The molecule has 1 aliphatic rings. The Morgan fingerprint density at radius 1 is 1.39 bits per heavy atom. The fourth-order valence-electron chi connectivity index (χ4n) is 2.67. The SMILES string of the molecule is COC(=O)C1=C(C)NC(C)=C(C#N)[C@@H]1c1cccc([N+](=O)[O-])c1. The van der Waals surface area contributed by atoms with E-state index in [0.717, 1.165) is 0 Å². The van der Waals surface area contributed by atoms with Crippen molar-refractivity contribution in [2.45, 2.75) is 19.8 Å². The van der Waals surface area contributed by atoms with Crippen LogP contribution in [0.4, 0.5) is 5.69 Å². The van der Waals surface area contributed by atoms with Gasteiger partial charge in [-0.1, -0.05) is 12.1 Å². The van der Waals surface area contributed by atoms with Crippen molar-refractivity contribution in [2.75, 3.05) is 7.11 Å². The molecule has 0 saturated carbocycles. The van der Waals surface area contributed by atoms with Crippen molar-refractivity contribution in [2.24, 2.45) is 0 Å². The molecule has 0 unspecified atom stereocenters. The molecule has 118 valence electrons. The van der Waals surface area contributed by atoms with E-state index < -0.39 is 16.8 Å². The van der Waals surface area contributed by atoms with Crippen LogP contribution < -0.4 is 5.32 Å². The number of nitrogens with one attached hydrogen (secondary N) is 1. The average molecular weight is 313 g/mol. The Hall–Kier alpha value is -3.14. The van der Waals surface area contributed by atoms with Crippen molar-refractivity contribution in [3.8, 4) is 6.07 Å². The van der Waals surface area contributed by atoms with Crippen LogP contribution in [0.15, 0.2) is 46.8 Å². The topological polar surface area (TPSA) is 105 Å². The van der Waals surface area contributed by atoms with Crippen LogP contribution in [0, 0.1) is 21.4 Å². The van der Waals surface area contributed by atoms with Crippen molar-refractivity contribution in [1.82, 2.24) is 5.32 Å². The van der Waals surface area contributed by atoms with Gasteiger partial charge in [0.1, 0.15) is 0 Å². The molecule has 1 aromatic rings. The van der Waals surface area contributed by atoms with Crippen molar-refractivity contribution in [3.05, 3.63) is 62.5 Å². The van der Waals surface area contributed by atoms with Crippen LogP contribution >= 0.6 is 0 Å². The van der Waals surface area contributed by atoms with Gasteiger partial charge in [0.05, 0.1) is 35.2 Å². The minimum atomic E-state index is -0.700. The number of non-ortho nitro benzene ring substituents is 1. The highest BCUT2D eigenvalue weighted by atomic mass is 16.6. The summed E-state index contributed by atoms with van der Waals surface area (Å²) in [6, 6.07) is 8.01. The molecule has 1 atom stereocenters. The summed E-state index contributed by atoms with van der Waals surface area (Å²) in [7, 11) is 1.25. The minimum absolute atomic E-state index is 0.0992. The van der Waals surface area contributed by atoms with Crippen LogP contribution in [0.5, 0.6) is 0 Å². The lowest BCUT2D eigenvalue weighted by molar-refractivity contribution is -0.384. The Morgan fingerprint density at radius 3 is 2.65 bits per heavy atom. The predicted molar refractivity (Wildman–Crippen MR) is 82.0 cm³/mol. The lowest BCUT2D eigenvalue weighted by Crippen LogP contribution is -2.28. The third-order valence-electron chi connectivity index (χ3n) is 3.70. The van der Waals surface area contributed by atoms with Gasteiger partial charge in [-0.05, 0) is 19.4 Å². The Bertz CT molecular complexity index is 787. The fourth-order valence-corrected chi connectivity index (χ4v) is 2.67. The molecule has 7 nitrogen and oxygen atoms in total. The first-order chi connectivity index (χ1) is 10.9. The molecule has 1 aliphatic heterocycles. The highest BCUT2D eigenvalue weighted by Gasteiger charge is 2.34. The maximum Gasteiger partial charge on any atom is 0.336 e. The molecule has 0 saturated heterocycles. The molecule has 7 heteroatoms. The normalized spacial score (nSPS) is 17.4. The Labute approximate surface area is 133 Å². The standard InChI is InChI=1S/C16H15N3O4/c1-9-13(8-17)15(14(10(2)18-9)16(20)23-3)11-5-4-6-12(7-11)19(21)22/h4-7,15,18H,1-3H3/t15-/m0/s1. The Kier molecular flexibility index (Phi) is 4.46. The molecule has 0 bridgehead atoms. The van der Waals surface area contributed by atoms with Gasteiger partial charge >= 0.3 is 5.97 Å². The second-order valence-electron chi connectivity index (χ2n) is 5.09. The van der Waals surface area contributed by atoms with Crippen LogP contribution in [0.1, 0.15) is 25.3 Å². The van der Waals surface area contributed by atoms with Crippen molar-refractivity contribution in [1.29, 1.82) is 5.26 Å². The zero-order chi connectivity index (χ0) is 17.1. The number of benzene rings is 1. The van der Waals surface area contributed by atoms with E-state index in [4.69, 9.17) is 4.74 Å². The molecule has 0 radical (unpaired) electrons. The van der Waals surface area contributed by atoms with Crippen LogP contribution in [0.3, 0.4) is 0 Å². The third-order valence-corrected chi connectivity index (χ3v) is 3.70. The second-order valence-corrected chi connectivity index (χ2v) is 5.09. The van der Waals surface area contributed by atoms with Crippen molar-refractivity contribution in [3.63, 3.8) is 0 Å². The number of esters is 1. The van der Waals surface area contributed by atoms with Gasteiger partial charge in [-0.3, -0.25) is 10.1 Å². The van der Waals surface area contributed by atoms with Crippen LogP contribution in [0.25, 0.3) is 0 Å². The molecule has 1 N–H and O–H groups in total. The number of nitriles is 1. The van der Waals surface area contributed by atoms with Gasteiger partial charge in [0.2, 0.25) is 0 Å². The minimum Gasteiger partial charge on any atom is -0.466 e. The van der Waals surface area contributed by atoms with E-state index in [-0.39, 0.29) is 11.3 Å². The number of nitrogens with zero attached hydrogens (tertiary/aromatic N) is 2. The summed E-state index contributed by atoms with van der Waals surface area (Å²) in [4.78, 5) is 22.6. The van der Waals surface area contributed by atoms with Gasteiger partial charge in [0, 0.05) is 23.5 Å². The third kappa shape index (κ3) is 2.92. The highest BCUT2D eigenvalue weighted by Crippen LogP contribution is 2.38. The number of dihydropyridines is 1. The summed E-state index contributed by atoms with van der Waals surface area (Å²) in [5.74, 6) is -1.28. The van der Waals surface area contributed by atoms with Crippen molar-refractivity contribution >= 4 is 11.7 Å². The zero-order valence-electron chi connectivity index (χ0n) is 12.9.